The molecule has 0 atom stereocenters. The maximum Gasteiger partial charge on any atom is 0.267 e. The van der Waals surface area contributed by atoms with Crippen LogP contribution in [-0.4, -0.2) is 53.7 Å². The van der Waals surface area contributed by atoms with Crippen LogP contribution in [0.5, 0.6) is 11.5 Å². The van der Waals surface area contributed by atoms with Crippen LogP contribution in [0, 0.1) is 0 Å². The third-order valence-corrected chi connectivity index (χ3v) is 4.18. The van der Waals surface area contributed by atoms with E-state index in [0.717, 1.165) is 5.56 Å². The molecule has 4 rings (SSSR count). The Hall–Kier alpha value is -2.87. The topological polar surface area (TPSA) is 82.9 Å². The summed E-state index contributed by atoms with van der Waals surface area (Å²) in [5.74, 6) is 1.18. The molecular weight excluding hydrogens is 326 g/mol. The lowest BCUT2D eigenvalue weighted by molar-refractivity contribution is -0.136. The fourth-order valence-electron chi connectivity index (χ4n) is 2.81. The molecule has 1 saturated heterocycles. The molecule has 0 spiro atoms. The maximum absolute atomic E-state index is 12.4. The monoisotopic (exact) mass is 343 g/mol. The lowest BCUT2D eigenvalue weighted by Gasteiger charge is -2.26. The van der Waals surface area contributed by atoms with Gasteiger partial charge in [-0.1, -0.05) is 0 Å². The number of rotatable bonds is 3. The number of nitrogens with zero attached hydrogens (tertiary/aromatic N) is 3. The number of morpholine rings is 1. The zero-order valence-corrected chi connectivity index (χ0v) is 13.5. The number of fused-ring (bicyclic) bond motifs is 1. The first-order valence-corrected chi connectivity index (χ1v) is 8.04. The highest BCUT2D eigenvalue weighted by Gasteiger charge is 2.19. The number of aromatic nitrogens is 2. The summed E-state index contributed by atoms with van der Waals surface area (Å²) in [6, 6.07) is 8.50. The first-order chi connectivity index (χ1) is 12.2. The van der Waals surface area contributed by atoms with E-state index in [9.17, 15) is 9.59 Å². The number of carbonyl (C=O) groups excluding carboxylic acids is 1. The molecule has 1 amide bonds. The van der Waals surface area contributed by atoms with Gasteiger partial charge in [0.05, 0.1) is 18.9 Å². The van der Waals surface area contributed by atoms with Crippen LogP contribution in [0.1, 0.15) is 0 Å². The van der Waals surface area contributed by atoms with Gasteiger partial charge >= 0.3 is 0 Å². The Morgan fingerprint density at radius 3 is 2.72 bits per heavy atom. The minimum atomic E-state index is -0.314. The number of carbonyl (C=O) groups is 1. The highest BCUT2D eigenvalue weighted by atomic mass is 16.7. The van der Waals surface area contributed by atoms with E-state index in [0.29, 0.717) is 43.5 Å². The quantitative estimate of drug-likeness (QED) is 0.807. The second-order valence-electron chi connectivity index (χ2n) is 5.78. The lowest BCUT2D eigenvalue weighted by atomic mass is 10.1. The molecule has 1 fully saturated rings. The van der Waals surface area contributed by atoms with E-state index in [4.69, 9.17) is 14.2 Å². The predicted molar refractivity (Wildman–Crippen MR) is 87.5 cm³/mol. The molecule has 130 valence electrons. The zero-order valence-electron chi connectivity index (χ0n) is 13.5. The van der Waals surface area contributed by atoms with Crippen LogP contribution >= 0.6 is 0 Å². The molecule has 0 saturated carbocycles. The van der Waals surface area contributed by atoms with Gasteiger partial charge in [0.25, 0.3) is 5.56 Å². The summed E-state index contributed by atoms with van der Waals surface area (Å²) in [5, 5.41) is 4.33. The van der Waals surface area contributed by atoms with Gasteiger partial charge in [-0.15, -0.1) is 0 Å². The van der Waals surface area contributed by atoms with Crippen molar-refractivity contribution in [3.05, 3.63) is 40.7 Å². The average molecular weight is 343 g/mol. The van der Waals surface area contributed by atoms with E-state index < -0.39 is 0 Å². The summed E-state index contributed by atoms with van der Waals surface area (Å²) in [6.45, 7) is 2.22. The summed E-state index contributed by atoms with van der Waals surface area (Å²) in [6.07, 6.45) is 0. The third kappa shape index (κ3) is 3.20. The average Bonchev–Trinajstić information content (AvgIpc) is 3.12. The van der Waals surface area contributed by atoms with E-state index in [1.807, 2.05) is 12.1 Å². The van der Waals surface area contributed by atoms with Crippen molar-refractivity contribution >= 4 is 5.91 Å². The second-order valence-corrected chi connectivity index (χ2v) is 5.78. The predicted octanol–water partition coefficient (Wildman–Crippen LogP) is 0.498. The zero-order chi connectivity index (χ0) is 17.2. The first kappa shape index (κ1) is 15.6. The van der Waals surface area contributed by atoms with Gasteiger partial charge in [-0.3, -0.25) is 9.59 Å². The number of hydrogen-bond donors (Lipinski definition) is 0. The molecule has 0 radical (unpaired) electrons. The molecule has 0 unspecified atom stereocenters. The molecule has 0 aliphatic carbocycles. The molecule has 8 nitrogen and oxygen atoms in total. The Kier molecular flexibility index (Phi) is 4.10. The number of hydrogen-bond acceptors (Lipinski definition) is 6. The van der Waals surface area contributed by atoms with Gasteiger partial charge in [0.2, 0.25) is 12.7 Å². The summed E-state index contributed by atoms with van der Waals surface area (Å²) >= 11 is 0. The van der Waals surface area contributed by atoms with Gasteiger partial charge in [0.1, 0.15) is 6.54 Å². The van der Waals surface area contributed by atoms with Crippen molar-refractivity contribution in [1.29, 1.82) is 0 Å². The number of amides is 1. The maximum atomic E-state index is 12.4. The minimum Gasteiger partial charge on any atom is -0.454 e. The normalized spacial score (nSPS) is 16.1. The molecule has 2 aromatic rings. The molecule has 1 aromatic heterocycles. The van der Waals surface area contributed by atoms with Gasteiger partial charge in [0, 0.05) is 24.7 Å². The van der Waals surface area contributed by atoms with Crippen molar-refractivity contribution in [3.8, 4) is 22.8 Å². The lowest BCUT2D eigenvalue weighted by Crippen LogP contribution is -2.43. The molecule has 0 N–H and O–H groups in total. The van der Waals surface area contributed by atoms with Crippen LogP contribution in [0.2, 0.25) is 0 Å². The molecule has 2 aliphatic rings. The molecule has 3 heterocycles. The van der Waals surface area contributed by atoms with E-state index in [-0.39, 0.29) is 24.8 Å². The van der Waals surface area contributed by atoms with Gasteiger partial charge in [-0.2, -0.15) is 5.10 Å². The molecule has 2 aliphatic heterocycles. The van der Waals surface area contributed by atoms with Crippen LogP contribution in [0.4, 0.5) is 0 Å². The van der Waals surface area contributed by atoms with Crippen molar-refractivity contribution in [3.63, 3.8) is 0 Å². The van der Waals surface area contributed by atoms with Crippen molar-refractivity contribution in [2.24, 2.45) is 0 Å². The molecule has 25 heavy (non-hydrogen) atoms. The molecule has 0 bridgehead atoms. The van der Waals surface area contributed by atoms with Crippen LogP contribution in [0.25, 0.3) is 11.3 Å². The fraction of sp³-hybridized carbons (Fsp3) is 0.353. The molecule has 8 heteroatoms. The highest BCUT2D eigenvalue weighted by Crippen LogP contribution is 2.35. The Bertz CT molecular complexity index is 858. The van der Waals surface area contributed by atoms with E-state index >= 15 is 0 Å². The Labute approximate surface area is 143 Å². The van der Waals surface area contributed by atoms with E-state index in [1.54, 1.807) is 17.0 Å². The standard InChI is InChI=1S/C17H17N3O5/c21-16-4-2-13(12-1-3-14-15(9-12)25-11-24-14)18-20(16)10-17(22)19-5-7-23-8-6-19/h1-4,9H,5-8,10-11H2. The number of ether oxygens (including phenoxy) is 3. The summed E-state index contributed by atoms with van der Waals surface area (Å²) < 4.78 is 17.1. The van der Waals surface area contributed by atoms with E-state index in [2.05, 4.69) is 5.10 Å². The van der Waals surface area contributed by atoms with Crippen molar-refractivity contribution < 1.29 is 19.0 Å². The van der Waals surface area contributed by atoms with Crippen LogP contribution in [0.3, 0.4) is 0 Å². The smallest absolute Gasteiger partial charge is 0.267 e. The Balaban J connectivity index is 1.58. The first-order valence-electron chi connectivity index (χ1n) is 8.04. The van der Waals surface area contributed by atoms with Crippen LogP contribution < -0.4 is 15.0 Å². The minimum absolute atomic E-state index is 0.0861. The summed E-state index contributed by atoms with van der Waals surface area (Å²) in [4.78, 5) is 26.1. The van der Waals surface area contributed by atoms with Gasteiger partial charge in [-0.25, -0.2) is 4.68 Å². The van der Waals surface area contributed by atoms with E-state index in [1.165, 1.54) is 10.7 Å². The largest absolute Gasteiger partial charge is 0.454 e. The van der Waals surface area contributed by atoms with Crippen molar-refractivity contribution in [1.82, 2.24) is 14.7 Å². The SMILES string of the molecule is O=C(Cn1nc(-c2ccc3c(c2)OCO3)ccc1=O)N1CCOCC1. The van der Waals surface area contributed by atoms with Gasteiger partial charge in [-0.05, 0) is 24.3 Å². The summed E-state index contributed by atoms with van der Waals surface area (Å²) in [7, 11) is 0. The van der Waals surface area contributed by atoms with Crippen LogP contribution in [-0.2, 0) is 16.1 Å². The van der Waals surface area contributed by atoms with Crippen LogP contribution in [0.15, 0.2) is 35.1 Å². The third-order valence-electron chi connectivity index (χ3n) is 4.18. The number of benzene rings is 1. The Morgan fingerprint density at radius 1 is 1.08 bits per heavy atom. The molecular formula is C17H17N3O5. The van der Waals surface area contributed by atoms with Crippen molar-refractivity contribution in [2.75, 3.05) is 33.1 Å². The highest BCUT2D eigenvalue weighted by molar-refractivity contribution is 5.76. The van der Waals surface area contributed by atoms with Gasteiger partial charge in [0.15, 0.2) is 11.5 Å². The van der Waals surface area contributed by atoms with Crippen molar-refractivity contribution in [2.45, 2.75) is 6.54 Å². The fourth-order valence-corrected chi connectivity index (χ4v) is 2.81. The summed E-state index contributed by atoms with van der Waals surface area (Å²) in [5.41, 5.74) is 1.07. The second kappa shape index (κ2) is 6.56. The molecule has 1 aromatic carbocycles. The van der Waals surface area contributed by atoms with Gasteiger partial charge < -0.3 is 19.1 Å². The Morgan fingerprint density at radius 2 is 1.88 bits per heavy atom.